The van der Waals surface area contributed by atoms with Gasteiger partial charge in [0.15, 0.2) is 0 Å². The SMILES string of the molecule is CCN1CCC(C)(CO)C(O)C1. The van der Waals surface area contributed by atoms with E-state index in [1.54, 1.807) is 0 Å². The molecule has 2 unspecified atom stereocenters. The average molecular weight is 173 g/mol. The van der Waals surface area contributed by atoms with E-state index in [1.165, 1.54) is 0 Å². The van der Waals surface area contributed by atoms with Crippen molar-refractivity contribution in [3.63, 3.8) is 0 Å². The summed E-state index contributed by atoms with van der Waals surface area (Å²) in [5.41, 5.74) is -0.272. The highest BCUT2D eigenvalue weighted by Crippen LogP contribution is 2.30. The molecule has 3 nitrogen and oxygen atoms in total. The number of aliphatic hydroxyl groups is 2. The van der Waals surface area contributed by atoms with E-state index in [0.717, 1.165) is 19.5 Å². The first-order valence-electron chi connectivity index (χ1n) is 4.63. The van der Waals surface area contributed by atoms with Gasteiger partial charge in [0, 0.05) is 12.0 Å². The minimum absolute atomic E-state index is 0.0890. The van der Waals surface area contributed by atoms with Crippen LogP contribution in [0.3, 0.4) is 0 Å². The second-order valence-electron chi connectivity index (χ2n) is 3.97. The van der Waals surface area contributed by atoms with Crippen molar-refractivity contribution in [1.82, 2.24) is 4.90 Å². The highest BCUT2D eigenvalue weighted by atomic mass is 16.3. The van der Waals surface area contributed by atoms with Gasteiger partial charge < -0.3 is 15.1 Å². The van der Waals surface area contributed by atoms with Gasteiger partial charge in [0.25, 0.3) is 0 Å². The smallest absolute Gasteiger partial charge is 0.0742 e. The summed E-state index contributed by atoms with van der Waals surface area (Å²) >= 11 is 0. The van der Waals surface area contributed by atoms with Crippen LogP contribution >= 0.6 is 0 Å². The molecule has 2 atom stereocenters. The molecule has 1 saturated heterocycles. The van der Waals surface area contributed by atoms with Crippen LogP contribution in [0.25, 0.3) is 0 Å². The van der Waals surface area contributed by atoms with Crippen LogP contribution in [0.2, 0.25) is 0 Å². The van der Waals surface area contributed by atoms with Crippen molar-refractivity contribution < 1.29 is 10.2 Å². The van der Waals surface area contributed by atoms with E-state index in [1.807, 2.05) is 6.92 Å². The Morgan fingerprint density at radius 3 is 2.67 bits per heavy atom. The number of nitrogens with zero attached hydrogens (tertiary/aromatic N) is 1. The number of piperidine rings is 1. The molecule has 3 heteroatoms. The Morgan fingerprint density at radius 2 is 2.25 bits per heavy atom. The molecule has 0 aromatic carbocycles. The predicted octanol–water partition coefficient (Wildman–Crippen LogP) is 0.0715. The maximum absolute atomic E-state index is 9.73. The van der Waals surface area contributed by atoms with Crippen molar-refractivity contribution in [2.24, 2.45) is 5.41 Å². The van der Waals surface area contributed by atoms with Gasteiger partial charge in [-0.05, 0) is 19.5 Å². The molecule has 0 aromatic rings. The van der Waals surface area contributed by atoms with E-state index in [2.05, 4.69) is 11.8 Å². The van der Waals surface area contributed by atoms with Gasteiger partial charge >= 0.3 is 0 Å². The van der Waals surface area contributed by atoms with E-state index < -0.39 is 0 Å². The maximum Gasteiger partial charge on any atom is 0.0742 e. The van der Waals surface area contributed by atoms with Gasteiger partial charge in [0.2, 0.25) is 0 Å². The number of likely N-dealkylation sites (N-methyl/N-ethyl adjacent to an activating group) is 1. The van der Waals surface area contributed by atoms with Crippen LogP contribution in [0, 0.1) is 5.41 Å². The number of likely N-dealkylation sites (tertiary alicyclic amines) is 1. The first-order chi connectivity index (χ1) is 5.62. The average Bonchev–Trinajstić information content (AvgIpc) is 2.10. The second kappa shape index (κ2) is 3.73. The molecule has 72 valence electrons. The molecule has 1 rings (SSSR count). The Balaban J connectivity index is 2.53. The molecule has 0 spiro atoms. The molecule has 12 heavy (non-hydrogen) atoms. The fraction of sp³-hybridized carbons (Fsp3) is 1.00. The fourth-order valence-electron chi connectivity index (χ4n) is 1.61. The van der Waals surface area contributed by atoms with E-state index in [-0.39, 0.29) is 18.1 Å². The van der Waals surface area contributed by atoms with Crippen LogP contribution in [0.1, 0.15) is 20.3 Å². The standard InChI is InChI=1S/C9H19NO2/c1-3-10-5-4-9(2,7-11)8(12)6-10/h8,11-12H,3-7H2,1-2H3. The predicted molar refractivity (Wildman–Crippen MR) is 47.9 cm³/mol. The molecule has 0 aliphatic carbocycles. The first-order valence-corrected chi connectivity index (χ1v) is 4.63. The lowest BCUT2D eigenvalue weighted by Crippen LogP contribution is -2.51. The Hall–Kier alpha value is -0.120. The van der Waals surface area contributed by atoms with Crippen molar-refractivity contribution in [2.45, 2.75) is 26.4 Å². The molecule has 0 aromatic heterocycles. The Morgan fingerprint density at radius 1 is 1.58 bits per heavy atom. The van der Waals surface area contributed by atoms with Gasteiger partial charge in [-0.15, -0.1) is 0 Å². The zero-order chi connectivity index (χ0) is 9.19. The van der Waals surface area contributed by atoms with Gasteiger partial charge in [-0.3, -0.25) is 0 Å². The summed E-state index contributed by atoms with van der Waals surface area (Å²) in [6.45, 7) is 6.81. The molecule has 2 N–H and O–H groups in total. The van der Waals surface area contributed by atoms with Gasteiger partial charge in [-0.1, -0.05) is 13.8 Å². The van der Waals surface area contributed by atoms with Crippen LogP contribution in [0.4, 0.5) is 0 Å². The van der Waals surface area contributed by atoms with Crippen LogP contribution in [0.5, 0.6) is 0 Å². The fourth-order valence-corrected chi connectivity index (χ4v) is 1.61. The molecule has 1 fully saturated rings. The highest BCUT2D eigenvalue weighted by molar-refractivity contribution is 4.88. The summed E-state index contributed by atoms with van der Waals surface area (Å²) in [5, 5.41) is 18.8. The lowest BCUT2D eigenvalue weighted by Gasteiger charge is -2.41. The Bertz CT molecular complexity index is 151. The summed E-state index contributed by atoms with van der Waals surface area (Å²) in [7, 11) is 0. The molecule has 0 saturated carbocycles. The number of aliphatic hydroxyl groups excluding tert-OH is 2. The lowest BCUT2D eigenvalue weighted by molar-refractivity contribution is -0.0615. The topological polar surface area (TPSA) is 43.7 Å². The third-order valence-electron chi connectivity index (χ3n) is 3.04. The highest BCUT2D eigenvalue weighted by Gasteiger charge is 2.37. The summed E-state index contributed by atoms with van der Waals surface area (Å²) < 4.78 is 0. The van der Waals surface area contributed by atoms with E-state index in [0.29, 0.717) is 6.54 Å². The normalized spacial score (nSPS) is 38.5. The molecule has 0 amide bonds. The molecule has 0 radical (unpaired) electrons. The molecule has 1 aliphatic rings. The summed E-state index contributed by atoms with van der Waals surface area (Å²) in [6.07, 6.45) is 0.509. The zero-order valence-electron chi connectivity index (χ0n) is 7.95. The van der Waals surface area contributed by atoms with E-state index in [9.17, 15) is 5.11 Å². The van der Waals surface area contributed by atoms with Crippen LogP contribution < -0.4 is 0 Å². The third kappa shape index (κ3) is 1.79. The van der Waals surface area contributed by atoms with Crippen molar-refractivity contribution in [1.29, 1.82) is 0 Å². The number of hydrogen-bond donors (Lipinski definition) is 2. The van der Waals surface area contributed by atoms with E-state index in [4.69, 9.17) is 5.11 Å². The van der Waals surface area contributed by atoms with Crippen molar-refractivity contribution in [2.75, 3.05) is 26.2 Å². The molecule has 1 aliphatic heterocycles. The van der Waals surface area contributed by atoms with Crippen molar-refractivity contribution in [3.8, 4) is 0 Å². The minimum Gasteiger partial charge on any atom is -0.396 e. The number of β-amino-alcohol motifs (C(OH)–C–C–N with tert-alkyl or cyclic N) is 1. The summed E-state index contributed by atoms with van der Waals surface area (Å²) in [6, 6.07) is 0. The maximum atomic E-state index is 9.73. The lowest BCUT2D eigenvalue weighted by atomic mass is 9.79. The van der Waals surface area contributed by atoms with Gasteiger partial charge in [-0.25, -0.2) is 0 Å². The largest absolute Gasteiger partial charge is 0.396 e. The third-order valence-corrected chi connectivity index (χ3v) is 3.04. The zero-order valence-corrected chi connectivity index (χ0v) is 7.95. The number of rotatable bonds is 2. The van der Waals surface area contributed by atoms with Gasteiger partial charge in [0.1, 0.15) is 0 Å². The second-order valence-corrected chi connectivity index (χ2v) is 3.97. The number of hydrogen-bond acceptors (Lipinski definition) is 3. The van der Waals surface area contributed by atoms with E-state index >= 15 is 0 Å². The van der Waals surface area contributed by atoms with Crippen LogP contribution in [-0.2, 0) is 0 Å². The summed E-state index contributed by atoms with van der Waals surface area (Å²) in [5.74, 6) is 0. The van der Waals surface area contributed by atoms with Crippen molar-refractivity contribution >= 4 is 0 Å². The quantitative estimate of drug-likeness (QED) is 0.621. The van der Waals surface area contributed by atoms with Crippen LogP contribution in [-0.4, -0.2) is 47.5 Å². The monoisotopic (exact) mass is 173 g/mol. The Kier molecular flexibility index (Phi) is 3.09. The van der Waals surface area contributed by atoms with Crippen molar-refractivity contribution in [3.05, 3.63) is 0 Å². The molecule has 0 bridgehead atoms. The summed E-state index contributed by atoms with van der Waals surface area (Å²) in [4.78, 5) is 2.21. The molecular formula is C9H19NO2. The molecule has 1 heterocycles. The minimum atomic E-state index is -0.379. The van der Waals surface area contributed by atoms with Gasteiger partial charge in [-0.2, -0.15) is 0 Å². The van der Waals surface area contributed by atoms with Crippen LogP contribution in [0.15, 0.2) is 0 Å². The van der Waals surface area contributed by atoms with Gasteiger partial charge in [0.05, 0.1) is 12.7 Å². The first kappa shape index (κ1) is 9.96. The molecular weight excluding hydrogens is 154 g/mol. The Labute approximate surface area is 74.0 Å².